The van der Waals surface area contributed by atoms with Gasteiger partial charge in [-0.25, -0.2) is 0 Å². The van der Waals surface area contributed by atoms with Gasteiger partial charge in [0.1, 0.15) is 0 Å². The monoisotopic (exact) mass is 572 g/mol. The highest BCUT2D eigenvalue weighted by Gasteiger charge is 2.19. The second kappa shape index (κ2) is 10.3. The summed E-state index contributed by atoms with van der Waals surface area (Å²) in [6.07, 6.45) is 3.73. The fourth-order valence-electron chi connectivity index (χ4n) is 6.99. The second-order valence-corrected chi connectivity index (χ2v) is 11.6. The van der Waals surface area contributed by atoms with Crippen LogP contribution in [-0.2, 0) is 0 Å². The third-order valence-electron chi connectivity index (χ3n) is 9.08. The van der Waals surface area contributed by atoms with Crippen LogP contribution in [0.25, 0.3) is 82.4 Å². The Morgan fingerprint density at radius 3 is 1.93 bits per heavy atom. The molecule has 2 aromatic heterocycles. The Hall–Kier alpha value is -5.99. The van der Waals surface area contributed by atoms with Gasteiger partial charge in [-0.1, -0.05) is 127 Å². The zero-order valence-corrected chi connectivity index (χ0v) is 24.6. The number of rotatable bonds is 4. The minimum atomic E-state index is 1.12. The number of benzene rings is 7. The summed E-state index contributed by atoms with van der Waals surface area (Å²) in [5.41, 5.74) is 10.7. The minimum Gasteiger partial charge on any atom is -0.309 e. The topological polar surface area (TPSA) is 17.8 Å². The van der Waals surface area contributed by atoms with E-state index < -0.39 is 0 Å². The standard InChI is InChI=1S/C43H28N2/c1-2-13-34(14-3-1)45-41-26-32(36-18-8-11-30-10-4-5-15-35(30)36)23-24-39(41)43-38-17-7-6-16-37(38)40(27-42(43)45)31-21-19-29(20-22-31)33-12-9-25-44-28-33/h1-28H. The molecular weight excluding hydrogens is 544 g/mol. The quantitative estimate of drug-likeness (QED) is 0.205. The molecule has 0 atom stereocenters. The first-order valence-electron chi connectivity index (χ1n) is 15.4. The van der Waals surface area contributed by atoms with E-state index in [1.807, 2.05) is 18.5 Å². The molecule has 2 nitrogen and oxygen atoms in total. The first-order chi connectivity index (χ1) is 22.3. The van der Waals surface area contributed by atoms with E-state index in [1.54, 1.807) is 0 Å². The summed E-state index contributed by atoms with van der Waals surface area (Å²) in [5.74, 6) is 0. The van der Waals surface area contributed by atoms with E-state index in [-0.39, 0.29) is 0 Å². The van der Waals surface area contributed by atoms with Crippen molar-refractivity contribution in [2.24, 2.45) is 0 Å². The maximum atomic E-state index is 4.31. The fraction of sp³-hybridized carbons (Fsp3) is 0. The van der Waals surface area contributed by atoms with Crippen molar-refractivity contribution in [2.45, 2.75) is 0 Å². The molecule has 0 spiro atoms. The van der Waals surface area contributed by atoms with E-state index >= 15 is 0 Å². The predicted molar refractivity (Wildman–Crippen MR) is 190 cm³/mol. The summed E-state index contributed by atoms with van der Waals surface area (Å²) in [6, 6.07) is 57.2. The zero-order chi connectivity index (χ0) is 29.7. The van der Waals surface area contributed by atoms with E-state index in [9.17, 15) is 0 Å². The lowest BCUT2D eigenvalue weighted by Gasteiger charge is -2.13. The Balaban J connectivity index is 1.34. The van der Waals surface area contributed by atoms with Gasteiger partial charge in [0.25, 0.3) is 0 Å². The number of fused-ring (bicyclic) bond motifs is 6. The smallest absolute Gasteiger partial charge is 0.0553 e. The minimum absolute atomic E-state index is 1.12. The van der Waals surface area contributed by atoms with Crippen molar-refractivity contribution in [3.8, 4) is 39.1 Å². The van der Waals surface area contributed by atoms with Crippen LogP contribution in [0.4, 0.5) is 0 Å². The Morgan fingerprint density at radius 1 is 0.400 bits per heavy atom. The molecule has 0 aliphatic heterocycles. The highest BCUT2D eigenvalue weighted by molar-refractivity contribution is 6.24. The molecule has 2 heteroatoms. The van der Waals surface area contributed by atoms with E-state index in [0.717, 1.165) is 16.8 Å². The van der Waals surface area contributed by atoms with Gasteiger partial charge in [0.2, 0.25) is 0 Å². The third kappa shape index (κ3) is 4.15. The van der Waals surface area contributed by atoms with Crippen molar-refractivity contribution in [3.63, 3.8) is 0 Å². The largest absolute Gasteiger partial charge is 0.309 e. The Labute approximate surface area is 261 Å². The van der Waals surface area contributed by atoms with Crippen LogP contribution in [0.5, 0.6) is 0 Å². The van der Waals surface area contributed by atoms with Crippen LogP contribution >= 0.6 is 0 Å². The van der Waals surface area contributed by atoms with Crippen molar-refractivity contribution in [3.05, 3.63) is 170 Å². The first kappa shape index (κ1) is 25.5. The fourth-order valence-corrected chi connectivity index (χ4v) is 6.99. The average molecular weight is 573 g/mol. The Kier molecular flexibility index (Phi) is 5.85. The van der Waals surface area contributed by atoms with Crippen molar-refractivity contribution >= 4 is 43.4 Å². The molecule has 9 aromatic rings. The number of aromatic nitrogens is 2. The normalized spacial score (nSPS) is 11.6. The van der Waals surface area contributed by atoms with E-state index in [2.05, 4.69) is 161 Å². The number of para-hydroxylation sites is 1. The maximum Gasteiger partial charge on any atom is 0.0553 e. The van der Waals surface area contributed by atoms with Crippen molar-refractivity contribution in [1.82, 2.24) is 9.55 Å². The van der Waals surface area contributed by atoms with Crippen LogP contribution in [0.15, 0.2) is 170 Å². The molecule has 0 N–H and O–H groups in total. The van der Waals surface area contributed by atoms with Crippen LogP contribution in [0.2, 0.25) is 0 Å². The summed E-state index contributed by atoms with van der Waals surface area (Å²) in [6.45, 7) is 0. The summed E-state index contributed by atoms with van der Waals surface area (Å²) >= 11 is 0. The maximum absolute atomic E-state index is 4.31. The highest BCUT2D eigenvalue weighted by atomic mass is 15.0. The SMILES string of the molecule is c1ccc(-n2c3cc(-c4cccc5ccccc45)ccc3c3c4ccccc4c(-c4ccc(-c5cccnc5)cc4)cc32)cc1. The lowest BCUT2D eigenvalue weighted by atomic mass is 9.93. The summed E-state index contributed by atoms with van der Waals surface area (Å²) < 4.78 is 2.44. The highest BCUT2D eigenvalue weighted by Crippen LogP contribution is 2.43. The molecule has 0 amide bonds. The molecule has 9 rings (SSSR count). The van der Waals surface area contributed by atoms with Gasteiger partial charge in [-0.3, -0.25) is 4.98 Å². The predicted octanol–water partition coefficient (Wildman–Crippen LogP) is 11.5. The molecule has 0 saturated carbocycles. The van der Waals surface area contributed by atoms with Gasteiger partial charge in [-0.15, -0.1) is 0 Å². The molecule has 0 fully saturated rings. The molecule has 0 bridgehead atoms. The molecular formula is C43H28N2. The molecule has 2 heterocycles. The molecule has 0 unspecified atom stereocenters. The van der Waals surface area contributed by atoms with Crippen LogP contribution in [0.3, 0.4) is 0 Å². The number of nitrogens with zero attached hydrogens (tertiary/aromatic N) is 2. The molecule has 45 heavy (non-hydrogen) atoms. The van der Waals surface area contributed by atoms with Crippen LogP contribution in [0.1, 0.15) is 0 Å². The van der Waals surface area contributed by atoms with Crippen LogP contribution < -0.4 is 0 Å². The van der Waals surface area contributed by atoms with Gasteiger partial charge in [0, 0.05) is 28.9 Å². The third-order valence-corrected chi connectivity index (χ3v) is 9.08. The van der Waals surface area contributed by atoms with Gasteiger partial charge in [0.15, 0.2) is 0 Å². The summed E-state index contributed by atoms with van der Waals surface area (Å²) in [4.78, 5) is 4.31. The molecule has 210 valence electrons. The van der Waals surface area contributed by atoms with E-state index in [0.29, 0.717) is 0 Å². The average Bonchev–Trinajstić information content (AvgIpc) is 3.45. The van der Waals surface area contributed by atoms with Crippen molar-refractivity contribution in [1.29, 1.82) is 0 Å². The zero-order valence-electron chi connectivity index (χ0n) is 24.6. The number of hydrogen-bond donors (Lipinski definition) is 0. The Bertz CT molecular complexity index is 2500. The summed E-state index contributed by atoms with van der Waals surface area (Å²) in [7, 11) is 0. The molecule has 0 aliphatic rings. The van der Waals surface area contributed by atoms with Gasteiger partial charge in [0.05, 0.1) is 11.0 Å². The first-order valence-corrected chi connectivity index (χ1v) is 15.4. The van der Waals surface area contributed by atoms with Gasteiger partial charge >= 0.3 is 0 Å². The lowest BCUT2D eigenvalue weighted by molar-refractivity contribution is 1.18. The molecule has 0 saturated heterocycles. The van der Waals surface area contributed by atoms with Crippen LogP contribution in [-0.4, -0.2) is 9.55 Å². The molecule has 0 aliphatic carbocycles. The van der Waals surface area contributed by atoms with Crippen molar-refractivity contribution in [2.75, 3.05) is 0 Å². The van der Waals surface area contributed by atoms with E-state index in [4.69, 9.17) is 0 Å². The number of hydrogen-bond acceptors (Lipinski definition) is 1. The van der Waals surface area contributed by atoms with Crippen molar-refractivity contribution < 1.29 is 0 Å². The van der Waals surface area contributed by atoms with Gasteiger partial charge in [-0.05, 0) is 85.3 Å². The van der Waals surface area contributed by atoms with Crippen LogP contribution in [0, 0.1) is 0 Å². The lowest BCUT2D eigenvalue weighted by Crippen LogP contribution is -1.94. The van der Waals surface area contributed by atoms with Gasteiger partial charge in [-0.2, -0.15) is 0 Å². The number of pyridine rings is 1. The van der Waals surface area contributed by atoms with Gasteiger partial charge < -0.3 is 4.57 Å². The summed E-state index contributed by atoms with van der Waals surface area (Å²) in [5, 5.41) is 7.58. The Morgan fingerprint density at radius 2 is 1.11 bits per heavy atom. The molecule has 0 radical (unpaired) electrons. The molecule has 7 aromatic carbocycles. The second-order valence-electron chi connectivity index (χ2n) is 11.6. The van der Waals surface area contributed by atoms with E-state index in [1.165, 1.54) is 65.6 Å².